The van der Waals surface area contributed by atoms with Gasteiger partial charge in [-0.15, -0.1) is 5.10 Å². The second-order valence-electron chi connectivity index (χ2n) is 3.95. The third kappa shape index (κ3) is 4.77. The molecule has 108 valence electrons. The van der Waals surface area contributed by atoms with Crippen LogP contribution in [0.4, 0.5) is 5.69 Å². The Labute approximate surface area is 130 Å². The molecular formula is C12H12N6OS2. The van der Waals surface area contributed by atoms with E-state index in [1.54, 1.807) is 36.0 Å². The highest BCUT2D eigenvalue weighted by molar-refractivity contribution is 8.03. The molecule has 0 atom stereocenters. The number of carbonyl (C=O) groups excluding carboxylic acids is 1. The molecule has 0 aliphatic rings. The minimum Gasteiger partial charge on any atom is -0.326 e. The summed E-state index contributed by atoms with van der Waals surface area (Å²) in [5.41, 5.74) is 0.715. The zero-order valence-electron chi connectivity index (χ0n) is 11.2. The van der Waals surface area contributed by atoms with Crippen molar-refractivity contribution >= 4 is 35.1 Å². The summed E-state index contributed by atoms with van der Waals surface area (Å²) in [7, 11) is 1.75. The molecule has 2 rings (SSSR count). The SMILES string of the molecule is Cn1nnnc1SCCC(=O)Nc1ccc(SC#N)cc1. The summed E-state index contributed by atoms with van der Waals surface area (Å²) in [6.45, 7) is 0. The van der Waals surface area contributed by atoms with Crippen molar-refractivity contribution in [3.8, 4) is 5.40 Å². The van der Waals surface area contributed by atoms with Gasteiger partial charge in [0.25, 0.3) is 0 Å². The summed E-state index contributed by atoms with van der Waals surface area (Å²) in [6.07, 6.45) is 0.367. The maximum absolute atomic E-state index is 11.8. The van der Waals surface area contributed by atoms with Crippen molar-refractivity contribution in [3.05, 3.63) is 24.3 Å². The Kier molecular flexibility index (Phi) is 5.59. The number of aromatic nitrogens is 4. The number of rotatable bonds is 6. The number of tetrazole rings is 1. The van der Waals surface area contributed by atoms with Gasteiger partial charge in [0.1, 0.15) is 5.40 Å². The summed E-state index contributed by atoms with van der Waals surface area (Å²) in [5.74, 6) is 0.529. The van der Waals surface area contributed by atoms with Crippen molar-refractivity contribution in [2.24, 2.45) is 7.05 Å². The second-order valence-corrected chi connectivity index (χ2v) is 5.87. The van der Waals surface area contributed by atoms with Crippen LogP contribution < -0.4 is 5.32 Å². The number of nitrogens with one attached hydrogen (secondary N) is 1. The van der Waals surface area contributed by atoms with Gasteiger partial charge in [-0.05, 0) is 46.5 Å². The number of hydrogen-bond acceptors (Lipinski definition) is 7. The topological polar surface area (TPSA) is 96.5 Å². The van der Waals surface area contributed by atoms with Crippen molar-refractivity contribution in [1.29, 1.82) is 5.26 Å². The number of carbonyl (C=O) groups is 1. The quantitative estimate of drug-likeness (QED) is 0.641. The molecule has 0 aliphatic heterocycles. The van der Waals surface area contributed by atoms with Gasteiger partial charge in [0.15, 0.2) is 0 Å². The van der Waals surface area contributed by atoms with Crippen LogP contribution in [0.1, 0.15) is 6.42 Å². The van der Waals surface area contributed by atoms with Crippen LogP contribution in [-0.4, -0.2) is 31.9 Å². The van der Waals surface area contributed by atoms with Gasteiger partial charge in [-0.1, -0.05) is 11.8 Å². The fourth-order valence-electron chi connectivity index (χ4n) is 1.46. The van der Waals surface area contributed by atoms with Gasteiger partial charge >= 0.3 is 0 Å². The lowest BCUT2D eigenvalue weighted by Gasteiger charge is -2.05. The third-order valence-electron chi connectivity index (χ3n) is 2.44. The van der Waals surface area contributed by atoms with E-state index in [0.29, 0.717) is 23.0 Å². The monoisotopic (exact) mass is 320 g/mol. The van der Waals surface area contributed by atoms with Gasteiger partial charge in [-0.2, -0.15) is 5.26 Å². The number of hydrogen-bond donors (Lipinski definition) is 1. The molecule has 0 spiro atoms. The first-order valence-electron chi connectivity index (χ1n) is 6.00. The molecule has 0 saturated heterocycles. The Morgan fingerprint density at radius 2 is 2.19 bits per heavy atom. The first-order valence-corrected chi connectivity index (χ1v) is 7.80. The molecule has 21 heavy (non-hydrogen) atoms. The van der Waals surface area contributed by atoms with E-state index in [2.05, 4.69) is 20.8 Å². The van der Waals surface area contributed by atoms with E-state index in [0.717, 1.165) is 16.7 Å². The Morgan fingerprint density at radius 1 is 1.43 bits per heavy atom. The van der Waals surface area contributed by atoms with Crippen LogP contribution in [0.25, 0.3) is 0 Å². The second kappa shape index (κ2) is 7.66. The molecule has 0 bridgehead atoms. The fraction of sp³-hybridized carbons (Fsp3) is 0.250. The van der Waals surface area contributed by atoms with Crippen molar-refractivity contribution in [1.82, 2.24) is 20.2 Å². The van der Waals surface area contributed by atoms with Gasteiger partial charge in [0.05, 0.1) is 0 Å². The predicted octanol–water partition coefficient (Wildman–Crippen LogP) is 1.90. The van der Waals surface area contributed by atoms with Gasteiger partial charge in [-0.25, -0.2) is 4.68 Å². The van der Waals surface area contributed by atoms with Crippen LogP contribution in [0.5, 0.6) is 0 Å². The third-order valence-corrected chi connectivity index (χ3v) is 4.05. The van der Waals surface area contributed by atoms with Crippen LogP contribution >= 0.6 is 23.5 Å². The van der Waals surface area contributed by atoms with Crippen LogP contribution in [0.15, 0.2) is 34.3 Å². The minimum atomic E-state index is -0.0710. The van der Waals surface area contributed by atoms with Crippen molar-refractivity contribution in [3.63, 3.8) is 0 Å². The Hall–Kier alpha value is -2.05. The van der Waals surface area contributed by atoms with E-state index in [4.69, 9.17) is 5.26 Å². The lowest BCUT2D eigenvalue weighted by molar-refractivity contribution is -0.115. The Morgan fingerprint density at radius 3 is 2.81 bits per heavy atom. The van der Waals surface area contributed by atoms with Crippen molar-refractivity contribution < 1.29 is 4.79 Å². The largest absolute Gasteiger partial charge is 0.326 e. The molecule has 2 aromatic rings. The molecule has 0 saturated carbocycles. The first-order chi connectivity index (χ1) is 10.2. The minimum absolute atomic E-state index is 0.0710. The fourth-order valence-corrected chi connectivity index (χ4v) is 2.63. The number of thiocyanates is 1. The van der Waals surface area contributed by atoms with E-state index in [9.17, 15) is 4.79 Å². The van der Waals surface area contributed by atoms with Gasteiger partial charge < -0.3 is 5.32 Å². The average Bonchev–Trinajstić information content (AvgIpc) is 2.87. The number of anilines is 1. The van der Waals surface area contributed by atoms with Crippen molar-refractivity contribution in [2.75, 3.05) is 11.1 Å². The van der Waals surface area contributed by atoms with Gasteiger partial charge in [0.2, 0.25) is 11.1 Å². The number of nitrogens with zero attached hydrogens (tertiary/aromatic N) is 5. The lowest BCUT2D eigenvalue weighted by atomic mass is 10.3. The van der Waals surface area contributed by atoms with Crippen molar-refractivity contribution in [2.45, 2.75) is 16.5 Å². The molecule has 1 N–H and O–H groups in total. The summed E-state index contributed by atoms with van der Waals surface area (Å²) < 4.78 is 1.56. The number of aryl methyl sites for hydroxylation is 1. The molecule has 9 heteroatoms. The zero-order valence-corrected chi connectivity index (χ0v) is 12.8. The summed E-state index contributed by atoms with van der Waals surface area (Å²) in [5, 5.41) is 25.1. The van der Waals surface area contributed by atoms with E-state index >= 15 is 0 Å². The standard InChI is InChI=1S/C12H12N6OS2/c1-18-12(15-16-17-18)20-7-6-11(19)14-9-2-4-10(5-3-9)21-8-13/h2-5H,6-7H2,1H3,(H,14,19). The number of amides is 1. The molecule has 1 aromatic carbocycles. The lowest BCUT2D eigenvalue weighted by Crippen LogP contribution is -2.12. The van der Waals surface area contributed by atoms with Crippen LogP contribution in [0.2, 0.25) is 0 Å². The molecule has 0 radical (unpaired) electrons. The molecule has 0 fully saturated rings. The molecule has 1 aromatic heterocycles. The summed E-state index contributed by atoms with van der Waals surface area (Å²) >= 11 is 2.51. The van der Waals surface area contributed by atoms with E-state index < -0.39 is 0 Å². The van der Waals surface area contributed by atoms with E-state index in [1.807, 2.05) is 5.40 Å². The zero-order chi connectivity index (χ0) is 15.1. The van der Waals surface area contributed by atoms with Crippen LogP contribution in [0, 0.1) is 10.7 Å². The van der Waals surface area contributed by atoms with Gasteiger partial charge in [-0.3, -0.25) is 4.79 Å². The van der Waals surface area contributed by atoms with Gasteiger partial charge in [0, 0.05) is 29.8 Å². The maximum Gasteiger partial charge on any atom is 0.225 e. The Balaban J connectivity index is 1.76. The van der Waals surface area contributed by atoms with Crippen LogP contribution in [0.3, 0.4) is 0 Å². The predicted molar refractivity (Wildman–Crippen MR) is 80.7 cm³/mol. The highest BCUT2D eigenvalue weighted by atomic mass is 32.2. The summed E-state index contributed by atoms with van der Waals surface area (Å²) in [4.78, 5) is 12.6. The molecule has 1 heterocycles. The molecule has 1 amide bonds. The average molecular weight is 320 g/mol. The molecule has 7 nitrogen and oxygen atoms in total. The van der Waals surface area contributed by atoms with E-state index in [1.165, 1.54) is 11.8 Å². The van der Waals surface area contributed by atoms with E-state index in [-0.39, 0.29) is 5.91 Å². The van der Waals surface area contributed by atoms with Crippen LogP contribution in [-0.2, 0) is 11.8 Å². The molecule has 0 aliphatic carbocycles. The first kappa shape index (κ1) is 15.3. The highest BCUT2D eigenvalue weighted by Gasteiger charge is 2.06. The molecule has 0 unspecified atom stereocenters. The number of benzene rings is 1. The number of nitriles is 1. The number of thioether (sulfide) groups is 2. The Bertz CT molecular complexity index is 649. The maximum atomic E-state index is 11.8. The summed E-state index contributed by atoms with van der Waals surface area (Å²) in [6, 6.07) is 7.14. The molecular weight excluding hydrogens is 308 g/mol. The highest BCUT2D eigenvalue weighted by Crippen LogP contribution is 2.19. The normalized spacial score (nSPS) is 10.1. The smallest absolute Gasteiger partial charge is 0.225 e.